The molecule has 3 heterocycles. The summed E-state index contributed by atoms with van der Waals surface area (Å²) in [6.07, 6.45) is 3.60. The zero-order valence-electron chi connectivity index (χ0n) is 18.6. The third-order valence-electron chi connectivity index (χ3n) is 5.95. The molecule has 0 bridgehead atoms. The fourth-order valence-corrected chi connectivity index (χ4v) is 4.93. The Labute approximate surface area is 212 Å². The molecule has 35 heavy (non-hydrogen) atoms. The van der Waals surface area contributed by atoms with E-state index >= 15 is 0 Å². The molecule has 0 amide bonds. The average Bonchev–Trinajstić information content (AvgIpc) is 3.49. The molecule has 2 atom stereocenters. The summed E-state index contributed by atoms with van der Waals surface area (Å²) < 4.78 is 6.94. The molecule has 0 spiro atoms. The fraction of sp³-hybridized carbons (Fsp3) is 0.115. The molecule has 1 aliphatic rings. The molecule has 9 heteroatoms. The van der Waals surface area contributed by atoms with Crippen molar-refractivity contribution in [3.05, 3.63) is 107 Å². The summed E-state index contributed by atoms with van der Waals surface area (Å²) in [4.78, 5) is 18.9. The van der Waals surface area contributed by atoms with Crippen LogP contribution in [0, 0.1) is 0 Å². The normalized spacial score (nSPS) is 17.3. The SMILES string of the molecule is COC(=O)c1ccccc1-n1cccc1[C@H]1[C@@H](c2ccccn2)NC(=S)N1c1cc(Cl)ccc1O. The van der Waals surface area contributed by atoms with Gasteiger partial charge in [-0.15, -0.1) is 0 Å². The quantitative estimate of drug-likeness (QED) is 0.286. The second kappa shape index (κ2) is 9.40. The number of ether oxygens (including phenoxy) is 1. The maximum absolute atomic E-state index is 12.5. The van der Waals surface area contributed by atoms with Crippen molar-refractivity contribution in [2.75, 3.05) is 12.0 Å². The zero-order valence-corrected chi connectivity index (χ0v) is 20.2. The largest absolute Gasteiger partial charge is 0.506 e. The summed E-state index contributed by atoms with van der Waals surface area (Å²) in [7, 11) is 1.36. The van der Waals surface area contributed by atoms with Gasteiger partial charge in [0.25, 0.3) is 0 Å². The molecule has 0 unspecified atom stereocenters. The Kier molecular flexibility index (Phi) is 6.15. The number of hydrogen-bond acceptors (Lipinski definition) is 5. The highest BCUT2D eigenvalue weighted by Crippen LogP contribution is 2.45. The molecule has 5 rings (SSSR count). The van der Waals surface area contributed by atoms with Gasteiger partial charge in [0.1, 0.15) is 11.8 Å². The van der Waals surface area contributed by atoms with E-state index in [4.69, 9.17) is 28.6 Å². The Bertz CT molecular complexity index is 1410. The van der Waals surface area contributed by atoms with E-state index < -0.39 is 12.0 Å². The van der Waals surface area contributed by atoms with E-state index in [2.05, 4.69) is 10.3 Å². The van der Waals surface area contributed by atoms with Gasteiger partial charge in [-0.2, -0.15) is 0 Å². The predicted octanol–water partition coefficient (Wildman–Crippen LogP) is 5.20. The standard InChI is InChI=1S/C26H21ClN4O3S/c1-34-25(33)17-7-2-3-9-19(17)30-14-6-10-20(30)24-23(18-8-4-5-13-28-18)29-26(35)31(24)21-15-16(27)11-12-22(21)32/h2-15,23-24,32H,1H3,(H,29,35)/t23-,24+/m1/s1. The van der Waals surface area contributed by atoms with Gasteiger partial charge in [-0.25, -0.2) is 4.79 Å². The van der Waals surface area contributed by atoms with E-state index in [0.717, 1.165) is 11.4 Å². The lowest BCUT2D eigenvalue weighted by atomic mass is 10.00. The van der Waals surface area contributed by atoms with Gasteiger partial charge in [-0.1, -0.05) is 29.8 Å². The van der Waals surface area contributed by atoms with Crippen molar-refractivity contribution in [2.24, 2.45) is 0 Å². The number of anilines is 1. The molecule has 4 aromatic rings. The van der Waals surface area contributed by atoms with E-state index in [9.17, 15) is 9.90 Å². The summed E-state index contributed by atoms with van der Waals surface area (Å²) in [5.74, 6) is -0.399. The second-order valence-electron chi connectivity index (χ2n) is 7.94. The Morgan fingerprint density at radius 1 is 1.09 bits per heavy atom. The zero-order chi connectivity index (χ0) is 24.5. The molecule has 7 nitrogen and oxygen atoms in total. The van der Waals surface area contributed by atoms with E-state index in [1.165, 1.54) is 13.2 Å². The number of nitrogens with one attached hydrogen (secondary N) is 1. The number of aromatic nitrogens is 2. The second-order valence-corrected chi connectivity index (χ2v) is 8.76. The van der Waals surface area contributed by atoms with Crippen LogP contribution in [0.5, 0.6) is 5.75 Å². The van der Waals surface area contributed by atoms with Crippen LogP contribution in [0.4, 0.5) is 5.69 Å². The third kappa shape index (κ3) is 4.11. The number of halogens is 1. The number of benzene rings is 2. The van der Waals surface area contributed by atoms with E-state index in [1.807, 2.05) is 58.1 Å². The molecule has 0 saturated carbocycles. The highest BCUT2D eigenvalue weighted by molar-refractivity contribution is 7.80. The summed E-state index contributed by atoms with van der Waals surface area (Å²) in [5.41, 5.74) is 3.15. The summed E-state index contributed by atoms with van der Waals surface area (Å²) in [6, 6.07) is 20.8. The number of esters is 1. The Balaban J connectivity index is 1.72. The number of thiocarbonyl (C=S) groups is 1. The molecular formula is C26H21ClN4O3S. The Hall–Kier alpha value is -3.88. The van der Waals surface area contributed by atoms with Crippen molar-refractivity contribution in [2.45, 2.75) is 12.1 Å². The number of para-hydroxylation sites is 1. The van der Waals surface area contributed by atoms with Crippen LogP contribution in [0.3, 0.4) is 0 Å². The van der Waals surface area contributed by atoms with Gasteiger partial charge in [0.05, 0.1) is 35.8 Å². The molecule has 176 valence electrons. The number of phenolic OH excluding ortho intramolecular Hbond substituents is 1. The molecule has 1 saturated heterocycles. The molecule has 0 aliphatic carbocycles. The minimum Gasteiger partial charge on any atom is -0.506 e. The van der Waals surface area contributed by atoms with Crippen molar-refractivity contribution in [1.82, 2.24) is 14.9 Å². The van der Waals surface area contributed by atoms with Crippen LogP contribution in [0.25, 0.3) is 5.69 Å². The van der Waals surface area contributed by atoms with Gasteiger partial charge in [-0.05, 0) is 66.8 Å². The molecular weight excluding hydrogens is 484 g/mol. The number of pyridine rings is 1. The van der Waals surface area contributed by atoms with Gasteiger partial charge in [0.15, 0.2) is 5.11 Å². The number of aromatic hydroxyl groups is 1. The minimum atomic E-state index is -0.439. The van der Waals surface area contributed by atoms with Crippen LogP contribution in [0.1, 0.15) is 33.8 Å². The number of rotatable bonds is 5. The maximum Gasteiger partial charge on any atom is 0.339 e. The molecule has 1 aliphatic heterocycles. The van der Waals surface area contributed by atoms with Crippen LogP contribution >= 0.6 is 23.8 Å². The Morgan fingerprint density at radius 3 is 2.66 bits per heavy atom. The average molecular weight is 505 g/mol. The van der Waals surface area contributed by atoms with E-state index in [-0.39, 0.29) is 11.8 Å². The summed E-state index contributed by atoms with van der Waals surface area (Å²) in [5, 5.41) is 15.0. The van der Waals surface area contributed by atoms with Crippen molar-refractivity contribution >= 4 is 40.6 Å². The van der Waals surface area contributed by atoms with Crippen LogP contribution in [-0.2, 0) is 4.74 Å². The highest BCUT2D eigenvalue weighted by Gasteiger charge is 2.43. The van der Waals surface area contributed by atoms with Crippen LogP contribution in [-0.4, -0.2) is 32.8 Å². The van der Waals surface area contributed by atoms with Gasteiger partial charge in [0, 0.05) is 23.1 Å². The third-order valence-corrected chi connectivity index (χ3v) is 6.50. The Morgan fingerprint density at radius 2 is 1.89 bits per heavy atom. The fourth-order valence-electron chi connectivity index (χ4n) is 4.43. The summed E-state index contributed by atoms with van der Waals surface area (Å²) in [6.45, 7) is 0. The first-order valence-electron chi connectivity index (χ1n) is 10.8. The molecule has 1 fully saturated rings. The lowest BCUT2D eigenvalue weighted by molar-refractivity contribution is 0.0600. The maximum atomic E-state index is 12.5. The topological polar surface area (TPSA) is 79.6 Å². The van der Waals surface area contributed by atoms with Crippen molar-refractivity contribution in [1.29, 1.82) is 0 Å². The number of hydrogen-bond donors (Lipinski definition) is 2. The van der Waals surface area contributed by atoms with Gasteiger partial charge in [-0.3, -0.25) is 4.98 Å². The highest BCUT2D eigenvalue weighted by atomic mass is 35.5. The molecule has 0 radical (unpaired) electrons. The van der Waals surface area contributed by atoms with Crippen molar-refractivity contribution in [3.8, 4) is 11.4 Å². The van der Waals surface area contributed by atoms with Gasteiger partial charge >= 0.3 is 5.97 Å². The molecule has 2 N–H and O–H groups in total. The van der Waals surface area contributed by atoms with Crippen LogP contribution < -0.4 is 10.2 Å². The first-order chi connectivity index (χ1) is 17.0. The first-order valence-corrected chi connectivity index (χ1v) is 11.6. The van der Waals surface area contributed by atoms with E-state index in [1.54, 1.807) is 30.5 Å². The van der Waals surface area contributed by atoms with Gasteiger partial charge < -0.3 is 24.6 Å². The van der Waals surface area contributed by atoms with Crippen LogP contribution in [0.15, 0.2) is 85.2 Å². The predicted molar refractivity (Wildman–Crippen MR) is 138 cm³/mol. The number of nitrogens with zero attached hydrogens (tertiary/aromatic N) is 3. The number of carbonyl (C=O) groups is 1. The van der Waals surface area contributed by atoms with Gasteiger partial charge in [0.2, 0.25) is 0 Å². The van der Waals surface area contributed by atoms with Crippen LogP contribution in [0.2, 0.25) is 5.02 Å². The lowest BCUT2D eigenvalue weighted by Crippen LogP contribution is -2.30. The minimum absolute atomic E-state index is 0.0401. The smallest absolute Gasteiger partial charge is 0.339 e. The van der Waals surface area contributed by atoms with Crippen molar-refractivity contribution in [3.63, 3.8) is 0 Å². The van der Waals surface area contributed by atoms with E-state index in [0.29, 0.717) is 27.1 Å². The molecule has 2 aromatic carbocycles. The van der Waals surface area contributed by atoms with Crippen molar-refractivity contribution < 1.29 is 14.6 Å². The number of phenols is 1. The monoisotopic (exact) mass is 504 g/mol. The lowest BCUT2D eigenvalue weighted by Gasteiger charge is -2.29. The number of methoxy groups -OCH3 is 1. The molecule has 2 aromatic heterocycles. The number of carbonyl (C=O) groups excluding carboxylic acids is 1. The first kappa shape index (κ1) is 22.9. The summed E-state index contributed by atoms with van der Waals surface area (Å²) >= 11 is 12.0.